The van der Waals surface area contributed by atoms with Crippen molar-refractivity contribution in [1.29, 1.82) is 0 Å². The third kappa shape index (κ3) is 2.65. The molecule has 0 amide bonds. The predicted octanol–water partition coefficient (Wildman–Crippen LogP) is 2.11. The normalized spacial score (nSPS) is 12.0. The second-order valence-electron chi connectivity index (χ2n) is 4.62. The second-order valence-corrected chi connectivity index (χ2v) is 9.45. The quantitative estimate of drug-likeness (QED) is 0.292. The number of fused-ring (bicyclic) bond motifs is 2. The van der Waals surface area contributed by atoms with Gasteiger partial charge in [-0.1, -0.05) is 0 Å². The van der Waals surface area contributed by atoms with Crippen molar-refractivity contribution in [1.82, 2.24) is 17.9 Å². The van der Waals surface area contributed by atoms with Crippen molar-refractivity contribution < 1.29 is 8.42 Å². The van der Waals surface area contributed by atoms with Crippen LogP contribution in [0.4, 0.5) is 0 Å². The summed E-state index contributed by atoms with van der Waals surface area (Å²) in [6, 6.07) is 12.3. The topological polar surface area (TPSA) is 85.7 Å². The molecule has 9 heteroatoms. The van der Waals surface area contributed by atoms with Crippen molar-refractivity contribution in [2.24, 2.45) is 0 Å². The van der Waals surface area contributed by atoms with Gasteiger partial charge < -0.3 is 0 Å². The zero-order chi connectivity index (χ0) is 15.9. The first-order valence-corrected chi connectivity index (χ1v) is 10.9. The Morgan fingerprint density at radius 1 is 0.913 bits per heavy atom. The maximum absolute atomic E-state index is 12.8. The van der Waals surface area contributed by atoms with Crippen molar-refractivity contribution in [3.63, 3.8) is 0 Å². The minimum absolute atomic E-state index is 0.186. The van der Waals surface area contributed by atoms with E-state index in [-0.39, 0.29) is 19.9 Å². The SMILES string of the molecule is O=S(=O)(Sc1ncnc2ccccc12)c1cccc2n[se]nc12. The molecule has 6 nitrogen and oxygen atoms in total. The fraction of sp³-hybridized carbons (Fsp3) is 0. The second kappa shape index (κ2) is 5.68. The van der Waals surface area contributed by atoms with Crippen molar-refractivity contribution in [3.05, 3.63) is 48.8 Å². The number of rotatable bonds is 3. The van der Waals surface area contributed by atoms with Gasteiger partial charge in [0.2, 0.25) is 0 Å². The van der Waals surface area contributed by atoms with Gasteiger partial charge in [-0.25, -0.2) is 0 Å². The molecule has 0 aliphatic carbocycles. The van der Waals surface area contributed by atoms with Crippen molar-refractivity contribution in [2.75, 3.05) is 0 Å². The van der Waals surface area contributed by atoms with E-state index in [0.29, 0.717) is 27.0 Å². The van der Waals surface area contributed by atoms with E-state index in [1.54, 1.807) is 18.2 Å². The van der Waals surface area contributed by atoms with Crippen LogP contribution in [-0.4, -0.2) is 41.3 Å². The van der Waals surface area contributed by atoms with Crippen molar-refractivity contribution in [2.45, 2.75) is 9.92 Å². The van der Waals surface area contributed by atoms with Crippen LogP contribution in [0.15, 0.2) is 58.7 Å². The van der Waals surface area contributed by atoms with E-state index in [0.717, 1.165) is 10.8 Å². The summed E-state index contributed by atoms with van der Waals surface area (Å²) in [7, 11) is -2.93. The Morgan fingerprint density at radius 2 is 1.74 bits per heavy atom. The van der Waals surface area contributed by atoms with Crippen LogP contribution < -0.4 is 0 Å². The first-order valence-electron chi connectivity index (χ1n) is 6.51. The molecule has 0 saturated heterocycles. The first-order chi connectivity index (χ1) is 11.1. The molecule has 4 aromatic rings. The van der Waals surface area contributed by atoms with Gasteiger partial charge in [0.25, 0.3) is 0 Å². The molecule has 0 aliphatic rings. The van der Waals surface area contributed by atoms with E-state index in [4.69, 9.17) is 0 Å². The van der Waals surface area contributed by atoms with E-state index in [1.165, 1.54) is 6.33 Å². The van der Waals surface area contributed by atoms with Gasteiger partial charge in [0.1, 0.15) is 0 Å². The standard InChI is InChI=1S/C14H8N4O2S2Se/c19-22(20,12-7-3-6-11-13(12)18-23-17-11)21-14-9-4-1-2-5-10(9)15-8-16-14/h1-8H. The Labute approximate surface area is 141 Å². The third-order valence-electron chi connectivity index (χ3n) is 3.21. The van der Waals surface area contributed by atoms with Crippen LogP contribution >= 0.6 is 10.8 Å². The van der Waals surface area contributed by atoms with Gasteiger partial charge >= 0.3 is 142 Å². The Balaban J connectivity index is 1.85. The predicted molar refractivity (Wildman–Crippen MR) is 89.1 cm³/mol. The summed E-state index contributed by atoms with van der Waals surface area (Å²) in [6.07, 6.45) is 1.37. The number of benzene rings is 2. The maximum atomic E-state index is 12.8. The first kappa shape index (κ1) is 14.8. The number of hydrogen-bond donors (Lipinski definition) is 0. The number of nitrogens with zero attached hydrogens (tertiary/aromatic N) is 4. The van der Waals surface area contributed by atoms with E-state index >= 15 is 0 Å². The van der Waals surface area contributed by atoms with Crippen LogP contribution in [0.5, 0.6) is 0 Å². The van der Waals surface area contributed by atoms with Gasteiger partial charge in [-0.15, -0.1) is 0 Å². The average Bonchev–Trinajstić information content (AvgIpc) is 3.03. The molecule has 0 atom stereocenters. The molecule has 2 aromatic carbocycles. The van der Waals surface area contributed by atoms with Gasteiger partial charge in [0.05, 0.1) is 0 Å². The van der Waals surface area contributed by atoms with E-state index in [2.05, 4.69) is 17.9 Å². The molecule has 0 bridgehead atoms. The molecule has 0 spiro atoms. The summed E-state index contributed by atoms with van der Waals surface area (Å²) in [5.74, 6) is 0. The molecule has 2 aromatic heterocycles. The van der Waals surface area contributed by atoms with Gasteiger partial charge in [0, 0.05) is 0 Å². The zero-order valence-corrected chi connectivity index (χ0v) is 14.8. The van der Waals surface area contributed by atoms with E-state index in [1.807, 2.05) is 24.3 Å². The number of aromatic nitrogens is 4. The zero-order valence-electron chi connectivity index (χ0n) is 11.4. The summed E-state index contributed by atoms with van der Waals surface area (Å²) in [6.45, 7) is 0. The van der Waals surface area contributed by atoms with E-state index < -0.39 is 8.87 Å². The Bertz CT molecular complexity index is 1120. The summed E-state index contributed by atoms with van der Waals surface area (Å²) in [5.41, 5.74) is 1.80. The Hall–Kier alpha value is -1.80. The van der Waals surface area contributed by atoms with Crippen LogP contribution in [0, 0.1) is 0 Å². The molecular formula is C14H8N4O2S2Se. The Kier molecular flexibility index (Phi) is 3.65. The molecular weight excluding hydrogens is 399 g/mol. The Morgan fingerprint density at radius 3 is 2.65 bits per heavy atom. The summed E-state index contributed by atoms with van der Waals surface area (Å²) in [4.78, 5) is 8.47. The molecule has 0 fully saturated rings. The molecule has 0 N–H and O–H groups in total. The molecule has 0 aliphatic heterocycles. The van der Waals surface area contributed by atoms with Gasteiger partial charge in [0.15, 0.2) is 0 Å². The summed E-state index contributed by atoms with van der Waals surface area (Å²) >= 11 is -0.278. The molecule has 0 unspecified atom stereocenters. The van der Waals surface area contributed by atoms with Gasteiger partial charge in [-0.3, -0.25) is 0 Å². The molecule has 114 valence electrons. The summed E-state index contributed by atoms with van der Waals surface area (Å²) < 4.78 is 34.1. The number of para-hydroxylation sites is 1. The number of hydrogen-bond acceptors (Lipinski definition) is 7. The fourth-order valence-corrected chi connectivity index (χ4v) is 6.44. The van der Waals surface area contributed by atoms with Gasteiger partial charge in [-0.2, -0.15) is 0 Å². The van der Waals surface area contributed by atoms with Crippen LogP contribution in [-0.2, 0) is 8.87 Å². The fourth-order valence-electron chi connectivity index (χ4n) is 2.18. The monoisotopic (exact) mass is 408 g/mol. The molecule has 4 rings (SSSR count). The van der Waals surface area contributed by atoms with Crippen molar-refractivity contribution in [3.8, 4) is 0 Å². The third-order valence-corrected chi connectivity index (χ3v) is 7.59. The molecule has 0 saturated carbocycles. The summed E-state index contributed by atoms with van der Waals surface area (Å²) in [5, 5.41) is 1.12. The minimum atomic E-state index is -3.65. The van der Waals surface area contributed by atoms with Crippen LogP contribution in [0.25, 0.3) is 21.9 Å². The van der Waals surface area contributed by atoms with Crippen LogP contribution in [0.3, 0.4) is 0 Å². The molecule has 23 heavy (non-hydrogen) atoms. The van der Waals surface area contributed by atoms with Crippen molar-refractivity contribution >= 4 is 56.6 Å². The van der Waals surface area contributed by atoms with Crippen LogP contribution in [0.2, 0.25) is 0 Å². The van der Waals surface area contributed by atoms with Crippen LogP contribution in [0.1, 0.15) is 0 Å². The van der Waals surface area contributed by atoms with E-state index in [9.17, 15) is 8.42 Å². The molecule has 2 heterocycles. The molecule has 0 radical (unpaired) electrons. The average molecular weight is 407 g/mol. The van der Waals surface area contributed by atoms with Gasteiger partial charge in [-0.05, 0) is 0 Å².